The fourth-order valence-corrected chi connectivity index (χ4v) is 1.91. The number of allylic oxidation sites excluding steroid dienone is 2. The average molecular weight is 225 g/mol. The summed E-state index contributed by atoms with van der Waals surface area (Å²) in [6.07, 6.45) is 4.45. The molecule has 0 aromatic heterocycles. The van der Waals surface area contributed by atoms with E-state index in [1.807, 2.05) is 6.92 Å². The molecule has 0 rings (SSSR count). The molecule has 0 aliphatic heterocycles. The normalized spacial score (nSPS) is 13.1. The molecule has 0 unspecified atom stereocenters. The number of hydrogen-bond donors (Lipinski definition) is 0. The van der Waals surface area contributed by atoms with Crippen LogP contribution in [-0.4, -0.2) is 0 Å². The van der Waals surface area contributed by atoms with Gasteiger partial charge in [0.25, 0.3) is 0 Å². The first-order valence-electron chi connectivity index (χ1n) is 5.47. The van der Waals surface area contributed by atoms with Crippen molar-refractivity contribution in [2.24, 2.45) is 5.41 Å². The van der Waals surface area contributed by atoms with Crippen LogP contribution in [0.1, 0.15) is 59.8 Å². The van der Waals surface area contributed by atoms with Crippen molar-refractivity contribution in [2.45, 2.75) is 59.8 Å². The molecule has 0 saturated heterocycles. The topological polar surface area (TPSA) is 23.1 Å². The van der Waals surface area contributed by atoms with Gasteiger partial charge in [0, 0.05) is 5.03 Å². The van der Waals surface area contributed by atoms with Crippen molar-refractivity contribution in [1.82, 2.24) is 0 Å². The Balaban J connectivity index is 0. The molecule has 0 fully saturated rings. The molecule has 0 N–H and O–H groups in total. The summed E-state index contributed by atoms with van der Waals surface area (Å²) in [6, 6.07) is 0. The molecule has 0 spiro atoms. The summed E-state index contributed by atoms with van der Waals surface area (Å²) in [6.45, 7) is 8.44. The molecule has 0 amide bonds. The van der Waals surface area contributed by atoms with Crippen LogP contribution in [0, 0.1) is 5.41 Å². The van der Waals surface area contributed by atoms with Crippen LogP contribution in [0.15, 0.2) is 10.8 Å². The van der Waals surface area contributed by atoms with Crippen LogP contribution in [0.2, 0.25) is 0 Å². The third-order valence-corrected chi connectivity index (χ3v) is 2.74. The predicted molar refractivity (Wildman–Crippen MR) is 61.1 cm³/mol. The van der Waals surface area contributed by atoms with Crippen molar-refractivity contribution < 1.29 is 24.0 Å². The van der Waals surface area contributed by atoms with Crippen molar-refractivity contribution in [3.63, 3.8) is 0 Å². The molecule has 0 aliphatic carbocycles. The van der Waals surface area contributed by atoms with Gasteiger partial charge in [-0.3, -0.25) is 0 Å². The summed E-state index contributed by atoms with van der Waals surface area (Å²) in [5.41, 5.74) is 0.0969. The fourth-order valence-electron chi connectivity index (χ4n) is 1.65. The number of hydrogen-bond acceptors (Lipinski definition) is 1. The molecule has 3 heteroatoms. The monoisotopic (exact) mass is 224 g/mol. The summed E-state index contributed by atoms with van der Waals surface area (Å²) < 4.78 is 0. The van der Waals surface area contributed by atoms with E-state index in [9.17, 15) is 5.11 Å². The van der Waals surface area contributed by atoms with Crippen molar-refractivity contribution in [1.29, 1.82) is 0 Å². The minimum absolute atomic E-state index is 0. The molecule has 0 heterocycles. The predicted octanol–water partition coefficient (Wildman–Crippen LogP) is 0.818. The smallest absolute Gasteiger partial charge is 0.875 e. The molecule has 0 atom stereocenters. The van der Waals surface area contributed by atoms with Gasteiger partial charge in [0.2, 0.25) is 0 Å². The van der Waals surface area contributed by atoms with E-state index in [2.05, 4.69) is 20.8 Å². The van der Waals surface area contributed by atoms with Crippen LogP contribution in [0.25, 0.3) is 0 Å². The van der Waals surface area contributed by atoms with Gasteiger partial charge in [-0.25, -0.2) is 0 Å². The Morgan fingerprint density at radius 2 is 1.73 bits per heavy atom. The maximum atomic E-state index is 11.7. The van der Waals surface area contributed by atoms with Gasteiger partial charge in [-0.05, 0) is 24.7 Å². The Morgan fingerprint density at radius 3 is 2.13 bits per heavy atom. The molecule has 15 heavy (non-hydrogen) atoms. The third kappa shape index (κ3) is 8.26. The minimum Gasteiger partial charge on any atom is -0.875 e. The van der Waals surface area contributed by atoms with Gasteiger partial charge in [-0.1, -0.05) is 52.1 Å². The van der Waals surface area contributed by atoms with E-state index in [0.29, 0.717) is 11.5 Å². The zero-order chi connectivity index (χ0) is 11.2. The van der Waals surface area contributed by atoms with Crippen molar-refractivity contribution in [2.75, 3.05) is 0 Å². The van der Waals surface area contributed by atoms with Crippen LogP contribution in [0.4, 0.5) is 0 Å². The Hall–Kier alpha value is 0.427. The van der Waals surface area contributed by atoms with E-state index >= 15 is 0 Å². The van der Waals surface area contributed by atoms with Gasteiger partial charge in [0.05, 0.1) is 0 Å². The minimum atomic E-state index is 0. The molecule has 84 valence electrons. The second-order valence-corrected chi connectivity index (χ2v) is 5.13. The molecule has 0 aliphatic rings. The van der Waals surface area contributed by atoms with Crippen LogP contribution in [0.3, 0.4) is 0 Å². The first kappa shape index (κ1) is 17.8. The van der Waals surface area contributed by atoms with Gasteiger partial charge in [-0.15, -0.1) is 5.76 Å². The van der Waals surface area contributed by atoms with Gasteiger partial charge in [0.1, 0.15) is 0 Å². The Bertz CT molecular complexity index is 200. The van der Waals surface area contributed by atoms with Crippen molar-refractivity contribution >= 4 is 11.6 Å². The maximum Gasteiger partial charge on any atom is 1.00 e. The molecule has 0 radical (unpaired) electrons. The van der Waals surface area contributed by atoms with Crippen molar-refractivity contribution in [3.8, 4) is 0 Å². The summed E-state index contributed by atoms with van der Waals surface area (Å²) >= 11 is 5.90. The average Bonchev–Trinajstić information content (AvgIpc) is 2.03. The fraction of sp³-hybridized carbons (Fsp3) is 0.833. The maximum absolute atomic E-state index is 11.7. The molecule has 0 saturated carbocycles. The van der Waals surface area contributed by atoms with E-state index in [0.717, 1.165) is 25.7 Å². The third-order valence-electron chi connectivity index (χ3n) is 2.34. The Labute approximate surface area is 111 Å². The van der Waals surface area contributed by atoms with Crippen molar-refractivity contribution in [3.05, 3.63) is 10.8 Å². The molecule has 0 bridgehead atoms. The Kier molecular flexibility index (Phi) is 10.2. The van der Waals surface area contributed by atoms with E-state index in [1.54, 1.807) is 0 Å². The van der Waals surface area contributed by atoms with Crippen LogP contribution < -0.4 is 24.0 Å². The molecular weight excluding hydrogens is 203 g/mol. The van der Waals surface area contributed by atoms with Crippen LogP contribution >= 0.6 is 11.6 Å². The second kappa shape index (κ2) is 8.56. The van der Waals surface area contributed by atoms with Gasteiger partial charge >= 0.3 is 18.9 Å². The van der Waals surface area contributed by atoms with E-state index in [4.69, 9.17) is 11.6 Å². The summed E-state index contributed by atoms with van der Waals surface area (Å²) in [7, 11) is 0. The first-order chi connectivity index (χ1) is 6.43. The molecule has 0 aromatic rings. The first-order valence-corrected chi connectivity index (χ1v) is 5.85. The SMILES string of the molecule is CCC/C(Cl)=C(/[O-])CC(C)(C)CCC.[Li+]. The van der Waals surface area contributed by atoms with Crippen LogP contribution in [-0.2, 0) is 0 Å². The zero-order valence-electron chi connectivity index (χ0n) is 10.8. The molecule has 1 nitrogen and oxygen atoms in total. The quantitative estimate of drug-likeness (QED) is 0.484. The standard InChI is InChI=1S/C12H23ClO.Li/c1-5-7-10(13)11(14)9-12(3,4)8-6-2;/h14H,5-9H2,1-4H3;/q;+1/p-1/b11-10-;. The van der Waals surface area contributed by atoms with Gasteiger partial charge in [-0.2, -0.15) is 0 Å². The molecule has 0 aromatic carbocycles. The van der Waals surface area contributed by atoms with E-state index in [1.165, 1.54) is 0 Å². The Morgan fingerprint density at radius 1 is 1.20 bits per heavy atom. The zero-order valence-corrected chi connectivity index (χ0v) is 11.6. The summed E-state index contributed by atoms with van der Waals surface area (Å²) in [4.78, 5) is 0. The largest absolute Gasteiger partial charge is 1.00 e. The second-order valence-electron chi connectivity index (χ2n) is 4.67. The number of halogens is 1. The summed E-state index contributed by atoms with van der Waals surface area (Å²) in [5.74, 6) is 0.131. The van der Waals surface area contributed by atoms with Gasteiger partial charge in [0.15, 0.2) is 0 Å². The van der Waals surface area contributed by atoms with Gasteiger partial charge < -0.3 is 5.11 Å². The number of rotatable bonds is 6. The van der Waals surface area contributed by atoms with E-state index < -0.39 is 0 Å². The van der Waals surface area contributed by atoms with Crippen LogP contribution in [0.5, 0.6) is 0 Å². The van der Waals surface area contributed by atoms with E-state index in [-0.39, 0.29) is 30.0 Å². The summed E-state index contributed by atoms with van der Waals surface area (Å²) in [5, 5.41) is 12.2. The molecular formula is C12H22ClLiO.